The third kappa shape index (κ3) is 2.37. The maximum Gasteiger partial charge on any atom is 0.356 e. The molecular formula is C10H13F2N3O2. The minimum atomic E-state index is -2.62. The van der Waals surface area contributed by atoms with E-state index in [1.165, 1.54) is 10.7 Å². The van der Waals surface area contributed by atoms with Gasteiger partial charge < -0.3 is 10.8 Å². The third-order valence-electron chi connectivity index (χ3n) is 3.02. The van der Waals surface area contributed by atoms with Crippen LogP contribution in [0.4, 0.5) is 14.6 Å². The maximum absolute atomic E-state index is 13.0. The number of hydrogen-bond acceptors (Lipinski definition) is 3. The number of carboxylic acid groups (broad SMARTS) is 1. The molecule has 0 spiro atoms. The van der Waals surface area contributed by atoms with Crippen LogP contribution in [-0.2, 0) is 0 Å². The van der Waals surface area contributed by atoms with Crippen LogP contribution in [0.5, 0.6) is 0 Å². The first-order valence-corrected chi connectivity index (χ1v) is 5.35. The molecule has 0 bridgehead atoms. The van der Waals surface area contributed by atoms with Gasteiger partial charge in [0.25, 0.3) is 0 Å². The fourth-order valence-corrected chi connectivity index (χ4v) is 2.08. The highest BCUT2D eigenvalue weighted by Gasteiger charge is 2.36. The van der Waals surface area contributed by atoms with Gasteiger partial charge in [-0.1, -0.05) is 0 Å². The molecule has 1 aliphatic rings. The van der Waals surface area contributed by atoms with E-state index in [0.717, 1.165) is 0 Å². The standard InChI is InChI=1S/C10H13F2N3O2/c11-10(12)3-1-6(2-4-10)15-8(13)5-7(14-15)9(16)17/h5-6H,1-4,13H2,(H,16,17). The van der Waals surface area contributed by atoms with Crippen LogP contribution >= 0.6 is 0 Å². The highest BCUT2D eigenvalue weighted by molar-refractivity contribution is 5.86. The molecule has 0 aromatic carbocycles. The Bertz CT molecular complexity index is 435. The van der Waals surface area contributed by atoms with E-state index in [0.29, 0.717) is 0 Å². The van der Waals surface area contributed by atoms with Gasteiger partial charge in [0, 0.05) is 18.9 Å². The lowest BCUT2D eigenvalue weighted by molar-refractivity contribution is -0.0448. The molecule has 1 aliphatic carbocycles. The minimum Gasteiger partial charge on any atom is -0.476 e. The first-order chi connectivity index (χ1) is 7.89. The predicted molar refractivity (Wildman–Crippen MR) is 56.1 cm³/mol. The largest absolute Gasteiger partial charge is 0.476 e. The number of alkyl halides is 2. The Morgan fingerprint density at radius 2 is 2.12 bits per heavy atom. The van der Waals surface area contributed by atoms with Gasteiger partial charge in [0.1, 0.15) is 5.82 Å². The van der Waals surface area contributed by atoms with E-state index < -0.39 is 11.9 Å². The second kappa shape index (κ2) is 3.97. The molecule has 1 fully saturated rings. The SMILES string of the molecule is Nc1cc(C(=O)O)nn1C1CCC(F)(F)CC1. The predicted octanol–water partition coefficient (Wildman–Crippen LogP) is 1.91. The van der Waals surface area contributed by atoms with Gasteiger partial charge in [-0.05, 0) is 12.8 Å². The summed E-state index contributed by atoms with van der Waals surface area (Å²) in [6.07, 6.45) is 0.106. The lowest BCUT2D eigenvalue weighted by Gasteiger charge is -2.28. The summed E-state index contributed by atoms with van der Waals surface area (Å²) in [5.41, 5.74) is 5.47. The molecule has 17 heavy (non-hydrogen) atoms. The molecular weight excluding hydrogens is 232 g/mol. The van der Waals surface area contributed by atoms with Crippen molar-refractivity contribution in [2.75, 3.05) is 5.73 Å². The van der Waals surface area contributed by atoms with E-state index in [2.05, 4.69) is 5.10 Å². The van der Waals surface area contributed by atoms with E-state index in [-0.39, 0.29) is 43.2 Å². The zero-order valence-electron chi connectivity index (χ0n) is 9.07. The van der Waals surface area contributed by atoms with Crippen LogP contribution in [0.3, 0.4) is 0 Å². The lowest BCUT2D eigenvalue weighted by Crippen LogP contribution is -2.27. The van der Waals surface area contributed by atoms with Crippen LogP contribution in [-0.4, -0.2) is 26.8 Å². The summed E-state index contributed by atoms with van der Waals surface area (Å²) in [7, 11) is 0. The number of nitrogen functional groups attached to an aromatic ring is 1. The molecule has 5 nitrogen and oxygen atoms in total. The molecule has 0 aliphatic heterocycles. The average molecular weight is 245 g/mol. The van der Waals surface area contributed by atoms with Crippen LogP contribution in [0.15, 0.2) is 6.07 Å². The molecule has 0 unspecified atom stereocenters. The van der Waals surface area contributed by atoms with E-state index in [4.69, 9.17) is 10.8 Å². The van der Waals surface area contributed by atoms with Gasteiger partial charge in [-0.3, -0.25) is 0 Å². The number of aromatic carboxylic acids is 1. The number of carbonyl (C=O) groups is 1. The van der Waals surface area contributed by atoms with Crippen LogP contribution in [0, 0.1) is 0 Å². The molecule has 0 atom stereocenters. The number of nitrogens with two attached hydrogens (primary N) is 1. The zero-order valence-corrected chi connectivity index (χ0v) is 9.07. The molecule has 0 amide bonds. The van der Waals surface area contributed by atoms with E-state index in [1.807, 2.05) is 0 Å². The topological polar surface area (TPSA) is 81.1 Å². The van der Waals surface area contributed by atoms with Gasteiger partial charge in [-0.15, -0.1) is 0 Å². The highest BCUT2D eigenvalue weighted by atomic mass is 19.3. The van der Waals surface area contributed by atoms with Crippen LogP contribution < -0.4 is 5.73 Å². The fourth-order valence-electron chi connectivity index (χ4n) is 2.08. The average Bonchev–Trinajstić information content (AvgIpc) is 2.61. The van der Waals surface area contributed by atoms with Crippen molar-refractivity contribution in [1.82, 2.24) is 9.78 Å². The Labute approximate surface area is 96.2 Å². The summed E-state index contributed by atoms with van der Waals surface area (Å²) in [5, 5.41) is 12.6. The number of anilines is 1. The van der Waals surface area contributed by atoms with Crippen LogP contribution in [0.2, 0.25) is 0 Å². The van der Waals surface area contributed by atoms with Gasteiger partial charge in [0.15, 0.2) is 5.69 Å². The first kappa shape index (κ1) is 11.8. The second-order valence-electron chi connectivity index (χ2n) is 4.29. The summed E-state index contributed by atoms with van der Waals surface area (Å²) in [4.78, 5) is 10.7. The van der Waals surface area contributed by atoms with Crippen molar-refractivity contribution in [2.24, 2.45) is 0 Å². The molecule has 3 N–H and O–H groups in total. The fraction of sp³-hybridized carbons (Fsp3) is 0.600. The van der Waals surface area contributed by atoms with E-state index >= 15 is 0 Å². The minimum absolute atomic E-state index is 0.153. The van der Waals surface area contributed by atoms with Gasteiger partial charge >= 0.3 is 5.97 Å². The van der Waals surface area contributed by atoms with Crippen molar-refractivity contribution in [1.29, 1.82) is 0 Å². The molecule has 0 radical (unpaired) electrons. The Hall–Kier alpha value is -1.66. The summed E-state index contributed by atoms with van der Waals surface area (Å²) < 4.78 is 27.3. The van der Waals surface area contributed by atoms with Crippen molar-refractivity contribution in [3.05, 3.63) is 11.8 Å². The van der Waals surface area contributed by atoms with Gasteiger partial charge in [0.2, 0.25) is 5.92 Å². The Balaban J connectivity index is 2.16. The number of nitrogens with zero attached hydrogens (tertiary/aromatic N) is 2. The monoisotopic (exact) mass is 245 g/mol. The summed E-state index contributed by atoms with van der Waals surface area (Å²) in [6.45, 7) is 0. The van der Waals surface area contributed by atoms with E-state index in [1.54, 1.807) is 0 Å². The molecule has 1 aromatic heterocycles. The van der Waals surface area contributed by atoms with Crippen molar-refractivity contribution in [2.45, 2.75) is 37.6 Å². The van der Waals surface area contributed by atoms with E-state index in [9.17, 15) is 13.6 Å². The van der Waals surface area contributed by atoms with Crippen LogP contribution in [0.25, 0.3) is 0 Å². The normalized spacial score (nSPS) is 20.4. The molecule has 1 heterocycles. The van der Waals surface area contributed by atoms with Gasteiger partial charge in [-0.2, -0.15) is 5.10 Å². The molecule has 7 heteroatoms. The number of rotatable bonds is 2. The van der Waals surface area contributed by atoms with Gasteiger partial charge in [0.05, 0.1) is 6.04 Å². The number of aromatic nitrogens is 2. The zero-order chi connectivity index (χ0) is 12.6. The molecule has 94 valence electrons. The highest BCUT2D eigenvalue weighted by Crippen LogP contribution is 2.38. The Morgan fingerprint density at radius 1 is 1.53 bits per heavy atom. The van der Waals surface area contributed by atoms with Crippen molar-refractivity contribution in [3.63, 3.8) is 0 Å². The van der Waals surface area contributed by atoms with Crippen molar-refractivity contribution < 1.29 is 18.7 Å². The Morgan fingerprint density at radius 3 is 2.59 bits per heavy atom. The maximum atomic E-state index is 13.0. The second-order valence-corrected chi connectivity index (χ2v) is 4.29. The summed E-state index contributed by atoms with van der Waals surface area (Å²) >= 11 is 0. The number of carboxylic acids is 1. The molecule has 0 saturated heterocycles. The number of hydrogen-bond donors (Lipinski definition) is 2. The third-order valence-corrected chi connectivity index (χ3v) is 3.02. The first-order valence-electron chi connectivity index (χ1n) is 5.35. The summed E-state index contributed by atoms with van der Waals surface area (Å²) in [5.74, 6) is -3.58. The quantitative estimate of drug-likeness (QED) is 0.833. The lowest BCUT2D eigenvalue weighted by atomic mass is 9.92. The van der Waals surface area contributed by atoms with Gasteiger partial charge in [-0.25, -0.2) is 18.3 Å². The van der Waals surface area contributed by atoms with Crippen molar-refractivity contribution in [3.8, 4) is 0 Å². The number of halogens is 2. The molecule has 2 rings (SSSR count). The Kier molecular flexibility index (Phi) is 2.76. The van der Waals surface area contributed by atoms with Crippen molar-refractivity contribution >= 4 is 11.8 Å². The summed E-state index contributed by atoms with van der Waals surface area (Å²) in [6, 6.07) is 1.01. The molecule has 1 aromatic rings. The smallest absolute Gasteiger partial charge is 0.356 e. The molecule has 1 saturated carbocycles. The van der Waals surface area contributed by atoms with Crippen LogP contribution in [0.1, 0.15) is 42.2 Å².